The lowest BCUT2D eigenvalue weighted by Gasteiger charge is -2.22. The van der Waals surface area contributed by atoms with Crippen LogP contribution in [-0.2, 0) is 4.74 Å². The molecule has 0 aromatic heterocycles. The molecular formula is C20H23BrN2O3. The van der Waals surface area contributed by atoms with Gasteiger partial charge in [0.2, 0.25) is 0 Å². The van der Waals surface area contributed by atoms with Gasteiger partial charge in [0.25, 0.3) is 5.91 Å². The first-order valence-electron chi connectivity index (χ1n) is 8.70. The fraction of sp³-hybridized carbons (Fsp3) is 0.400. The maximum atomic E-state index is 12.8. The fourth-order valence-electron chi connectivity index (χ4n) is 3.10. The van der Waals surface area contributed by atoms with Crippen LogP contribution in [0.25, 0.3) is 10.8 Å². The predicted octanol–water partition coefficient (Wildman–Crippen LogP) is 4.34. The van der Waals surface area contributed by atoms with E-state index in [1.54, 1.807) is 4.90 Å². The zero-order chi connectivity index (χ0) is 18.9. The number of benzene rings is 2. The quantitative estimate of drug-likeness (QED) is 0.788. The minimum Gasteiger partial charge on any atom is -0.444 e. The van der Waals surface area contributed by atoms with Gasteiger partial charge in [-0.05, 0) is 56.2 Å². The summed E-state index contributed by atoms with van der Waals surface area (Å²) in [5.74, 6) is -0.0136. The molecule has 1 aliphatic heterocycles. The van der Waals surface area contributed by atoms with E-state index in [0.717, 1.165) is 21.7 Å². The van der Waals surface area contributed by atoms with Crippen LogP contribution in [0.4, 0.5) is 4.79 Å². The van der Waals surface area contributed by atoms with E-state index in [-0.39, 0.29) is 11.9 Å². The molecule has 26 heavy (non-hydrogen) atoms. The lowest BCUT2D eigenvalue weighted by molar-refractivity contribution is 0.0502. The summed E-state index contributed by atoms with van der Waals surface area (Å²) in [5, 5.41) is 4.95. The molecular weight excluding hydrogens is 396 g/mol. The highest BCUT2D eigenvalue weighted by Gasteiger charge is 2.29. The van der Waals surface area contributed by atoms with E-state index in [1.165, 1.54) is 0 Å². The first kappa shape index (κ1) is 18.7. The normalized spacial score (nSPS) is 17.4. The Morgan fingerprint density at radius 3 is 2.73 bits per heavy atom. The topological polar surface area (TPSA) is 58.6 Å². The maximum Gasteiger partial charge on any atom is 0.407 e. The van der Waals surface area contributed by atoms with Gasteiger partial charge < -0.3 is 15.0 Å². The number of amides is 2. The Hall–Kier alpha value is -2.08. The van der Waals surface area contributed by atoms with E-state index >= 15 is 0 Å². The lowest BCUT2D eigenvalue weighted by Crippen LogP contribution is -2.41. The van der Waals surface area contributed by atoms with Crippen LogP contribution in [0.1, 0.15) is 37.6 Å². The fourth-order valence-corrected chi connectivity index (χ4v) is 3.61. The SMILES string of the molecule is CC(C)(C)OC(=O)NC1CCN(C(=O)c2ccc3c(Br)cccc3c2)C1. The summed E-state index contributed by atoms with van der Waals surface area (Å²) in [7, 11) is 0. The molecule has 1 unspecified atom stereocenters. The smallest absolute Gasteiger partial charge is 0.407 e. The predicted molar refractivity (Wildman–Crippen MR) is 105 cm³/mol. The second-order valence-corrected chi connectivity index (χ2v) is 8.41. The average Bonchev–Trinajstić information content (AvgIpc) is 3.00. The van der Waals surface area contributed by atoms with Gasteiger partial charge in [0.05, 0.1) is 6.04 Å². The highest BCUT2D eigenvalue weighted by Crippen LogP contribution is 2.25. The molecule has 1 heterocycles. The third-order valence-electron chi connectivity index (χ3n) is 4.27. The Kier molecular flexibility index (Phi) is 5.23. The molecule has 0 aliphatic carbocycles. The van der Waals surface area contributed by atoms with Gasteiger partial charge in [-0.1, -0.05) is 34.1 Å². The number of alkyl carbamates (subject to hydrolysis) is 1. The molecule has 0 spiro atoms. The second kappa shape index (κ2) is 7.27. The number of carbonyl (C=O) groups is 2. The van der Waals surface area contributed by atoms with Crippen LogP contribution >= 0.6 is 15.9 Å². The van der Waals surface area contributed by atoms with Crippen molar-refractivity contribution in [3.05, 3.63) is 46.4 Å². The van der Waals surface area contributed by atoms with Crippen LogP contribution in [0.5, 0.6) is 0 Å². The molecule has 1 atom stereocenters. The van der Waals surface area contributed by atoms with Crippen LogP contribution < -0.4 is 5.32 Å². The summed E-state index contributed by atoms with van der Waals surface area (Å²) in [5.41, 5.74) is 0.130. The molecule has 1 N–H and O–H groups in total. The van der Waals surface area contributed by atoms with Crippen molar-refractivity contribution < 1.29 is 14.3 Å². The average molecular weight is 419 g/mol. The molecule has 1 saturated heterocycles. The van der Waals surface area contributed by atoms with E-state index < -0.39 is 11.7 Å². The highest BCUT2D eigenvalue weighted by atomic mass is 79.9. The second-order valence-electron chi connectivity index (χ2n) is 7.56. The highest BCUT2D eigenvalue weighted by molar-refractivity contribution is 9.10. The number of likely N-dealkylation sites (tertiary alicyclic amines) is 1. The van der Waals surface area contributed by atoms with Crippen LogP contribution in [0.3, 0.4) is 0 Å². The van der Waals surface area contributed by atoms with Crippen molar-refractivity contribution in [1.29, 1.82) is 0 Å². The van der Waals surface area contributed by atoms with E-state index in [4.69, 9.17) is 4.74 Å². The molecule has 6 heteroatoms. The van der Waals surface area contributed by atoms with Gasteiger partial charge >= 0.3 is 6.09 Å². The van der Waals surface area contributed by atoms with Crippen molar-refractivity contribution in [3.8, 4) is 0 Å². The monoisotopic (exact) mass is 418 g/mol. The van der Waals surface area contributed by atoms with Gasteiger partial charge in [-0.2, -0.15) is 0 Å². The van der Waals surface area contributed by atoms with Crippen LogP contribution in [0, 0.1) is 0 Å². The zero-order valence-corrected chi connectivity index (χ0v) is 16.8. The first-order chi connectivity index (χ1) is 12.2. The van der Waals surface area contributed by atoms with E-state index in [2.05, 4.69) is 21.2 Å². The minimum atomic E-state index is -0.530. The third kappa shape index (κ3) is 4.36. The Morgan fingerprint density at radius 2 is 2.00 bits per heavy atom. The Bertz CT molecular complexity index is 845. The molecule has 2 aromatic carbocycles. The number of fused-ring (bicyclic) bond motifs is 1. The summed E-state index contributed by atoms with van der Waals surface area (Å²) >= 11 is 3.53. The number of carbonyl (C=O) groups excluding carboxylic acids is 2. The van der Waals surface area contributed by atoms with Gasteiger partial charge in [-0.15, -0.1) is 0 Å². The molecule has 0 radical (unpaired) electrons. The summed E-state index contributed by atoms with van der Waals surface area (Å²) < 4.78 is 6.29. The number of nitrogens with one attached hydrogen (secondary N) is 1. The number of nitrogens with zero attached hydrogens (tertiary/aromatic N) is 1. The van der Waals surface area contributed by atoms with Crippen LogP contribution in [0.15, 0.2) is 40.9 Å². The van der Waals surface area contributed by atoms with Crippen LogP contribution in [-0.4, -0.2) is 41.6 Å². The number of halogens is 1. The number of ether oxygens (including phenoxy) is 1. The van der Waals surface area contributed by atoms with E-state index in [0.29, 0.717) is 18.7 Å². The molecule has 1 aliphatic rings. The van der Waals surface area contributed by atoms with Gasteiger partial charge in [0.1, 0.15) is 5.60 Å². The standard InChI is InChI=1S/C20H23BrN2O3/c1-20(2,3)26-19(25)22-15-9-10-23(12-15)18(24)14-7-8-16-13(11-14)5-4-6-17(16)21/h4-8,11,15H,9-10,12H2,1-3H3,(H,22,25). The maximum absolute atomic E-state index is 12.8. The van der Waals surface area contributed by atoms with Crippen molar-refractivity contribution in [2.45, 2.75) is 38.8 Å². The summed E-state index contributed by atoms with van der Waals surface area (Å²) in [4.78, 5) is 26.5. The lowest BCUT2D eigenvalue weighted by atomic mass is 10.1. The van der Waals surface area contributed by atoms with Crippen molar-refractivity contribution in [2.75, 3.05) is 13.1 Å². The summed E-state index contributed by atoms with van der Waals surface area (Å²) in [6, 6.07) is 11.6. The number of rotatable bonds is 2. The molecule has 2 aromatic rings. The minimum absolute atomic E-state index is 0.0136. The van der Waals surface area contributed by atoms with E-state index in [9.17, 15) is 9.59 Å². The van der Waals surface area contributed by atoms with Crippen LogP contribution in [0.2, 0.25) is 0 Å². The zero-order valence-electron chi connectivity index (χ0n) is 15.2. The Labute approximate surface area is 161 Å². The Morgan fingerprint density at radius 1 is 1.23 bits per heavy atom. The van der Waals surface area contributed by atoms with E-state index in [1.807, 2.05) is 57.2 Å². The molecule has 3 rings (SSSR count). The Balaban J connectivity index is 1.65. The van der Waals surface area contributed by atoms with Gasteiger partial charge in [-0.25, -0.2) is 4.79 Å². The first-order valence-corrected chi connectivity index (χ1v) is 9.49. The summed E-state index contributed by atoms with van der Waals surface area (Å²) in [6.45, 7) is 6.60. The number of hydrogen-bond donors (Lipinski definition) is 1. The molecule has 1 fully saturated rings. The van der Waals surface area contributed by atoms with Gasteiger partial charge in [0, 0.05) is 23.1 Å². The van der Waals surface area contributed by atoms with Gasteiger partial charge in [-0.3, -0.25) is 4.79 Å². The van der Waals surface area contributed by atoms with Crippen molar-refractivity contribution in [1.82, 2.24) is 10.2 Å². The molecule has 0 saturated carbocycles. The largest absolute Gasteiger partial charge is 0.444 e. The number of hydrogen-bond acceptors (Lipinski definition) is 3. The van der Waals surface area contributed by atoms with Crippen molar-refractivity contribution in [2.24, 2.45) is 0 Å². The molecule has 2 amide bonds. The third-order valence-corrected chi connectivity index (χ3v) is 4.96. The molecule has 0 bridgehead atoms. The molecule has 138 valence electrons. The molecule has 5 nitrogen and oxygen atoms in total. The van der Waals surface area contributed by atoms with Crippen molar-refractivity contribution in [3.63, 3.8) is 0 Å². The summed E-state index contributed by atoms with van der Waals surface area (Å²) in [6.07, 6.45) is 0.289. The van der Waals surface area contributed by atoms with Gasteiger partial charge in [0.15, 0.2) is 0 Å². The van der Waals surface area contributed by atoms with Crippen molar-refractivity contribution >= 4 is 38.7 Å².